The third-order valence-corrected chi connectivity index (χ3v) is 5.37. The van der Waals surface area contributed by atoms with E-state index in [2.05, 4.69) is 0 Å². The van der Waals surface area contributed by atoms with Crippen LogP contribution in [-0.4, -0.2) is 17.2 Å². The quantitative estimate of drug-likeness (QED) is 0.642. The molecule has 1 unspecified atom stereocenters. The van der Waals surface area contributed by atoms with Crippen LogP contribution >= 0.6 is 0 Å². The molecule has 3 aliphatic carbocycles. The molecule has 3 heteroatoms. The predicted octanol–water partition coefficient (Wildman–Crippen LogP) is 3.57. The third kappa shape index (κ3) is 2.03. The van der Waals surface area contributed by atoms with Crippen LogP contribution in [0, 0.1) is 5.92 Å². The van der Waals surface area contributed by atoms with Gasteiger partial charge in [-0.2, -0.15) is 0 Å². The molecule has 1 aliphatic heterocycles. The van der Waals surface area contributed by atoms with Crippen LogP contribution in [0.25, 0.3) is 0 Å². The monoisotopic (exact) mass is 296 g/mol. The summed E-state index contributed by atoms with van der Waals surface area (Å²) < 4.78 is 6.43. The second kappa shape index (κ2) is 5.08. The van der Waals surface area contributed by atoms with Gasteiger partial charge >= 0.3 is 0 Å². The third-order valence-electron chi connectivity index (χ3n) is 5.37. The van der Waals surface area contributed by atoms with Gasteiger partial charge in [0.15, 0.2) is 0 Å². The summed E-state index contributed by atoms with van der Waals surface area (Å²) in [5.74, 6) is -0.415. The molecule has 0 radical (unpaired) electrons. The molecule has 0 N–H and O–H groups in total. The van der Waals surface area contributed by atoms with Crippen LogP contribution in [0.1, 0.15) is 44.9 Å². The van der Waals surface area contributed by atoms with Crippen molar-refractivity contribution in [2.24, 2.45) is 5.92 Å². The minimum Gasteiger partial charge on any atom is -0.487 e. The van der Waals surface area contributed by atoms with Crippen molar-refractivity contribution in [2.45, 2.75) is 50.5 Å². The molecule has 0 saturated heterocycles. The number of carbonyl (C=O) groups excluding carboxylic acids is 2. The summed E-state index contributed by atoms with van der Waals surface area (Å²) in [4.78, 5) is 24.8. The van der Waals surface area contributed by atoms with Gasteiger partial charge in [-0.3, -0.25) is 9.59 Å². The predicted molar refractivity (Wildman–Crippen MR) is 83.0 cm³/mol. The van der Waals surface area contributed by atoms with Crippen LogP contribution in [0.15, 0.2) is 47.3 Å². The van der Waals surface area contributed by atoms with Crippen LogP contribution in [0.5, 0.6) is 0 Å². The Bertz CT molecular complexity index is 654. The van der Waals surface area contributed by atoms with Gasteiger partial charge in [0, 0.05) is 11.1 Å². The SMILES string of the molecule is O=C1C(=O)C2C=CC=CC=C2C2=C1CCC1(CCCCC1)O2. The lowest BCUT2D eigenvalue weighted by Gasteiger charge is -2.44. The Morgan fingerprint density at radius 1 is 1.00 bits per heavy atom. The number of carbonyl (C=O) groups is 2. The molecule has 1 spiro atoms. The standard InChI is InChI=1S/C19H20O3/c20-16-13-7-3-1-4-8-14(13)18-15(17(16)21)9-12-19(22-18)10-5-2-6-11-19/h1,3-4,7-8,13H,2,5-6,9-12H2. The van der Waals surface area contributed by atoms with Gasteiger partial charge in [0.2, 0.25) is 11.6 Å². The lowest BCUT2D eigenvalue weighted by atomic mass is 9.73. The van der Waals surface area contributed by atoms with Crippen LogP contribution in [-0.2, 0) is 14.3 Å². The summed E-state index contributed by atoms with van der Waals surface area (Å²) in [6.07, 6.45) is 16.7. The minimum absolute atomic E-state index is 0.108. The van der Waals surface area contributed by atoms with Crippen molar-refractivity contribution in [2.75, 3.05) is 0 Å². The summed E-state index contributed by atoms with van der Waals surface area (Å²) in [7, 11) is 0. The average molecular weight is 296 g/mol. The highest BCUT2D eigenvalue weighted by molar-refractivity contribution is 6.46. The molecule has 1 atom stereocenters. The Kier molecular flexibility index (Phi) is 3.17. The molecular weight excluding hydrogens is 276 g/mol. The molecule has 0 aromatic carbocycles. The lowest BCUT2D eigenvalue weighted by Crippen LogP contribution is -2.43. The number of rotatable bonds is 0. The Hall–Kier alpha value is -1.90. The summed E-state index contributed by atoms with van der Waals surface area (Å²) >= 11 is 0. The van der Waals surface area contributed by atoms with Gasteiger partial charge in [0.05, 0.1) is 5.92 Å². The molecule has 22 heavy (non-hydrogen) atoms. The zero-order valence-electron chi connectivity index (χ0n) is 12.6. The van der Waals surface area contributed by atoms with E-state index in [9.17, 15) is 9.59 Å². The van der Waals surface area contributed by atoms with Crippen molar-refractivity contribution in [1.29, 1.82) is 0 Å². The lowest BCUT2D eigenvalue weighted by molar-refractivity contribution is -0.137. The maximum Gasteiger partial charge on any atom is 0.229 e. The van der Waals surface area contributed by atoms with Gasteiger partial charge in [0.1, 0.15) is 11.4 Å². The van der Waals surface area contributed by atoms with Crippen molar-refractivity contribution >= 4 is 11.6 Å². The summed E-state index contributed by atoms with van der Waals surface area (Å²) in [5, 5.41) is 0. The van der Waals surface area contributed by atoms with Crippen LogP contribution in [0.2, 0.25) is 0 Å². The van der Waals surface area contributed by atoms with Gasteiger partial charge in [-0.1, -0.05) is 36.8 Å². The van der Waals surface area contributed by atoms with E-state index in [1.807, 2.05) is 30.4 Å². The molecule has 1 saturated carbocycles. The van der Waals surface area contributed by atoms with Crippen LogP contribution in [0.4, 0.5) is 0 Å². The van der Waals surface area contributed by atoms with E-state index in [0.29, 0.717) is 17.8 Å². The molecule has 4 aliphatic rings. The summed E-state index contributed by atoms with van der Waals surface area (Å²) in [6.45, 7) is 0. The largest absolute Gasteiger partial charge is 0.487 e. The van der Waals surface area contributed by atoms with Crippen molar-refractivity contribution in [3.8, 4) is 0 Å². The van der Waals surface area contributed by atoms with Crippen LogP contribution in [0.3, 0.4) is 0 Å². The zero-order chi connectivity index (χ0) is 15.2. The maximum absolute atomic E-state index is 12.4. The Morgan fingerprint density at radius 3 is 2.64 bits per heavy atom. The second-order valence-corrected chi connectivity index (χ2v) is 6.72. The van der Waals surface area contributed by atoms with Gasteiger partial charge in [-0.25, -0.2) is 0 Å². The Morgan fingerprint density at radius 2 is 1.82 bits per heavy atom. The Balaban J connectivity index is 1.78. The number of Topliss-reactive ketones (excluding diaryl/α,β-unsaturated/α-hetero) is 2. The van der Waals surface area contributed by atoms with Crippen LogP contribution < -0.4 is 0 Å². The van der Waals surface area contributed by atoms with Gasteiger partial charge in [-0.15, -0.1) is 0 Å². The molecule has 0 aromatic heterocycles. The number of ketones is 2. The highest BCUT2D eigenvalue weighted by atomic mass is 16.5. The molecule has 0 amide bonds. The Labute approximate surface area is 130 Å². The summed E-state index contributed by atoms with van der Waals surface area (Å²) in [6, 6.07) is 0. The molecule has 1 heterocycles. The second-order valence-electron chi connectivity index (χ2n) is 6.72. The number of hydrogen-bond donors (Lipinski definition) is 0. The van der Waals surface area contributed by atoms with E-state index in [4.69, 9.17) is 4.74 Å². The first-order valence-corrected chi connectivity index (χ1v) is 8.26. The normalized spacial score (nSPS) is 29.6. The zero-order valence-corrected chi connectivity index (χ0v) is 12.6. The fraction of sp³-hybridized carbons (Fsp3) is 0.474. The first-order valence-electron chi connectivity index (χ1n) is 8.26. The fourth-order valence-corrected chi connectivity index (χ4v) is 4.13. The molecular formula is C19H20O3. The maximum atomic E-state index is 12.4. The average Bonchev–Trinajstić information content (AvgIpc) is 2.79. The molecule has 4 rings (SSSR count). The number of allylic oxidation sites excluding steroid dienone is 7. The first kappa shape index (κ1) is 13.7. The van der Waals surface area contributed by atoms with Gasteiger partial charge < -0.3 is 4.74 Å². The molecule has 114 valence electrons. The molecule has 3 nitrogen and oxygen atoms in total. The van der Waals surface area contributed by atoms with E-state index in [1.54, 1.807) is 0 Å². The molecule has 0 aromatic rings. The highest BCUT2D eigenvalue weighted by Crippen LogP contribution is 2.47. The van der Waals surface area contributed by atoms with E-state index in [-0.39, 0.29) is 17.2 Å². The van der Waals surface area contributed by atoms with Gasteiger partial charge in [0.25, 0.3) is 0 Å². The number of hydrogen-bond acceptors (Lipinski definition) is 3. The van der Waals surface area contributed by atoms with Gasteiger partial charge in [-0.05, 0) is 38.5 Å². The van der Waals surface area contributed by atoms with E-state index >= 15 is 0 Å². The number of ether oxygens (including phenoxy) is 1. The van der Waals surface area contributed by atoms with E-state index in [0.717, 1.165) is 24.8 Å². The molecule has 1 fully saturated rings. The van der Waals surface area contributed by atoms with Crippen molar-refractivity contribution in [3.63, 3.8) is 0 Å². The van der Waals surface area contributed by atoms with E-state index in [1.165, 1.54) is 19.3 Å². The smallest absolute Gasteiger partial charge is 0.229 e. The highest BCUT2D eigenvalue weighted by Gasteiger charge is 2.46. The summed E-state index contributed by atoms with van der Waals surface area (Å²) in [5.41, 5.74) is 1.37. The topological polar surface area (TPSA) is 43.4 Å². The number of fused-ring (bicyclic) bond motifs is 2. The van der Waals surface area contributed by atoms with Crippen molar-refractivity contribution in [1.82, 2.24) is 0 Å². The van der Waals surface area contributed by atoms with E-state index < -0.39 is 5.92 Å². The first-order chi connectivity index (χ1) is 10.7. The van der Waals surface area contributed by atoms with Crippen molar-refractivity contribution < 1.29 is 14.3 Å². The molecule has 0 bridgehead atoms. The van der Waals surface area contributed by atoms with Crippen molar-refractivity contribution in [3.05, 3.63) is 47.3 Å². The fourth-order valence-electron chi connectivity index (χ4n) is 4.13. The minimum atomic E-state index is -0.472.